The van der Waals surface area contributed by atoms with E-state index in [1.54, 1.807) is 24.3 Å². The summed E-state index contributed by atoms with van der Waals surface area (Å²) in [6.45, 7) is 2.61. The third-order valence-corrected chi connectivity index (χ3v) is 4.80. The molecule has 0 aliphatic carbocycles. The number of carbonyl (C=O) groups is 1. The van der Waals surface area contributed by atoms with Gasteiger partial charge in [0.05, 0.1) is 5.69 Å². The molecule has 1 aromatic carbocycles. The van der Waals surface area contributed by atoms with E-state index in [-0.39, 0.29) is 11.8 Å². The van der Waals surface area contributed by atoms with Crippen molar-refractivity contribution in [3.8, 4) is 0 Å². The molecule has 0 atom stereocenters. The summed E-state index contributed by atoms with van der Waals surface area (Å²) < 4.78 is 5.76. The molecule has 3 heterocycles. The molecule has 6 nitrogen and oxygen atoms in total. The molecule has 0 spiro atoms. The molecule has 0 bridgehead atoms. The number of nitrogens with zero attached hydrogens (tertiary/aromatic N) is 3. The van der Waals surface area contributed by atoms with E-state index in [2.05, 4.69) is 20.2 Å². The Hall–Kier alpha value is -2.70. The number of oxazole rings is 1. The Labute approximate surface area is 162 Å². The molecule has 0 saturated heterocycles. The van der Waals surface area contributed by atoms with E-state index in [1.807, 2.05) is 24.5 Å². The number of benzene rings is 1. The summed E-state index contributed by atoms with van der Waals surface area (Å²) in [5.41, 5.74) is 2.76. The molecular weight excluding hydrogens is 364 g/mol. The van der Waals surface area contributed by atoms with Crippen LogP contribution in [0.5, 0.6) is 0 Å². The molecular formula is C20H19ClN4O2. The van der Waals surface area contributed by atoms with Crippen molar-refractivity contribution in [1.29, 1.82) is 0 Å². The first kappa shape index (κ1) is 17.7. The van der Waals surface area contributed by atoms with Crippen molar-refractivity contribution < 1.29 is 9.21 Å². The van der Waals surface area contributed by atoms with Crippen LogP contribution < -0.4 is 5.32 Å². The second-order valence-corrected chi connectivity index (χ2v) is 6.92. The Kier molecular flexibility index (Phi) is 5.18. The Bertz CT molecular complexity index is 899. The fourth-order valence-corrected chi connectivity index (χ4v) is 3.25. The fourth-order valence-electron chi connectivity index (χ4n) is 3.13. The molecule has 1 N–H and O–H groups in total. The van der Waals surface area contributed by atoms with Gasteiger partial charge in [0.15, 0.2) is 0 Å². The van der Waals surface area contributed by atoms with E-state index in [9.17, 15) is 4.79 Å². The summed E-state index contributed by atoms with van der Waals surface area (Å²) >= 11 is 5.86. The maximum atomic E-state index is 12.4. The summed E-state index contributed by atoms with van der Waals surface area (Å²) in [7, 11) is 0. The van der Waals surface area contributed by atoms with E-state index in [0.29, 0.717) is 10.7 Å². The smallest absolute Gasteiger partial charge is 0.311 e. The van der Waals surface area contributed by atoms with Gasteiger partial charge in [0.2, 0.25) is 0 Å². The third-order valence-electron chi connectivity index (χ3n) is 4.55. The lowest BCUT2D eigenvalue weighted by molar-refractivity contribution is 0.0988. The predicted octanol–water partition coefficient (Wildman–Crippen LogP) is 3.58. The van der Waals surface area contributed by atoms with Gasteiger partial charge in [0.25, 0.3) is 5.89 Å². The quantitative estimate of drug-likeness (QED) is 0.746. The van der Waals surface area contributed by atoms with Crippen LogP contribution in [0.25, 0.3) is 0 Å². The maximum absolute atomic E-state index is 12.4. The highest BCUT2D eigenvalue weighted by Crippen LogP contribution is 2.20. The van der Waals surface area contributed by atoms with Crippen molar-refractivity contribution in [2.45, 2.75) is 19.4 Å². The maximum Gasteiger partial charge on any atom is 0.311 e. The lowest BCUT2D eigenvalue weighted by atomic mass is 10.2. The van der Waals surface area contributed by atoms with Crippen LogP contribution in [0, 0.1) is 0 Å². The lowest BCUT2D eigenvalue weighted by Crippen LogP contribution is -2.26. The molecule has 3 aromatic rings. The van der Waals surface area contributed by atoms with Crippen LogP contribution in [0.1, 0.15) is 27.7 Å². The zero-order chi connectivity index (χ0) is 18.6. The van der Waals surface area contributed by atoms with Crippen LogP contribution >= 0.6 is 11.6 Å². The molecule has 4 rings (SSSR count). The average Bonchev–Trinajstić information content (AvgIpc) is 3.01. The highest BCUT2D eigenvalue weighted by molar-refractivity contribution is 6.30. The molecule has 0 saturated carbocycles. The molecule has 1 amide bonds. The third kappa shape index (κ3) is 4.35. The summed E-state index contributed by atoms with van der Waals surface area (Å²) in [6, 6.07) is 11.0. The minimum atomic E-state index is -0.348. The number of carbonyl (C=O) groups excluding carboxylic acids is 1. The SMILES string of the molecule is O=C(Nc1ccc(Cl)cc1)c1nc2c(o1)CCN(Cc1ccncc1)CC2. The Balaban J connectivity index is 1.39. The number of amides is 1. The van der Waals surface area contributed by atoms with E-state index < -0.39 is 0 Å². The van der Waals surface area contributed by atoms with Gasteiger partial charge < -0.3 is 9.73 Å². The van der Waals surface area contributed by atoms with Crippen LogP contribution in [0.4, 0.5) is 5.69 Å². The summed E-state index contributed by atoms with van der Waals surface area (Å²) in [5, 5.41) is 3.40. The summed E-state index contributed by atoms with van der Waals surface area (Å²) in [5.74, 6) is 0.560. The fraction of sp³-hybridized carbons (Fsp3) is 0.250. The number of anilines is 1. The Morgan fingerprint density at radius 3 is 2.63 bits per heavy atom. The van der Waals surface area contributed by atoms with Gasteiger partial charge in [0.1, 0.15) is 5.76 Å². The number of nitrogens with one attached hydrogen (secondary N) is 1. The van der Waals surface area contributed by atoms with Crippen molar-refractivity contribution in [3.63, 3.8) is 0 Å². The predicted molar refractivity (Wildman–Crippen MR) is 103 cm³/mol. The number of aromatic nitrogens is 2. The van der Waals surface area contributed by atoms with Crippen LogP contribution in [0.3, 0.4) is 0 Å². The average molecular weight is 383 g/mol. The summed E-state index contributed by atoms with van der Waals surface area (Å²) in [6.07, 6.45) is 5.12. The van der Waals surface area contributed by atoms with Crippen LogP contribution in [0.2, 0.25) is 5.02 Å². The van der Waals surface area contributed by atoms with Crippen molar-refractivity contribution in [2.75, 3.05) is 18.4 Å². The van der Waals surface area contributed by atoms with Crippen molar-refractivity contribution >= 4 is 23.2 Å². The van der Waals surface area contributed by atoms with Crippen molar-refractivity contribution in [2.24, 2.45) is 0 Å². The van der Waals surface area contributed by atoms with Gasteiger partial charge in [-0.15, -0.1) is 0 Å². The second kappa shape index (κ2) is 7.90. The van der Waals surface area contributed by atoms with Crippen molar-refractivity contribution in [3.05, 3.63) is 76.7 Å². The lowest BCUT2D eigenvalue weighted by Gasteiger charge is -2.19. The molecule has 1 aliphatic heterocycles. The van der Waals surface area contributed by atoms with E-state index >= 15 is 0 Å². The first-order chi connectivity index (χ1) is 13.2. The van der Waals surface area contributed by atoms with Crippen LogP contribution in [-0.2, 0) is 19.4 Å². The van der Waals surface area contributed by atoms with E-state index in [1.165, 1.54) is 5.56 Å². The van der Waals surface area contributed by atoms with Crippen molar-refractivity contribution in [1.82, 2.24) is 14.9 Å². The van der Waals surface area contributed by atoms with Gasteiger partial charge in [-0.1, -0.05) is 11.6 Å². The largest absolute Gasteiger partial charge is 0.437 e. The molecule has 1 aliphatic rings. The van der Waals surface area contributed by atoms with Gasteiger partial charge in [-0.05, 0) is 42.0 Å². The van der Waals surface area contributed by atoms with Gasteiger partial charge in [0, 0.05) is 55.6 Å². The second-order valence-electron chi connectivity index (χ2n) is 6.48. The highest BCUT2D eigenvalue weighted by Gasteiger charge is 2.23. The standard InChI is InChI=1S/C20H19ClN4O2/c21-15-1-3-16(4-2-15)23-19(26)20-24-17-7-11-25(12-8-18(17)27-20)13-14-5-9-22-10-6-14/h1-6,9-10H,7-8,11-13H2,(H,23,26). The number of hydrogen-bond acceptors (Lipinski definition) is 5. The Morgan fingerprint density at radius 2 is 1.85 bits per heavy atom. The van der Waals surface area contributed by atoms with Crippen LogP contribution in [0.15, 0.2) is 53.2 Å². The van der Waals surface area contributed by atoms with Crippen LogP contribution in [-0.4, -0.2) is 33.9 Å². The zero-order valence-electron chi connectivity index (χ0n) is 14.7. The van der Waals surface area contributed by atoms with Gasteiger partial charge >= 0.3 is 5.91 Å². The molecule has 0 fully saturated rings. The topological polar surface area (TPSA) is 71.3 Å². The van der Waals surface area contributed by atoms with Gasteiger partial charge in [-0.25, -0.2) is 4.98 Å². The van der Waals surface area contributed by atoms with E-state index in [4.69, 9.17) is 16.0 Å². The molecule has 0 unspecified atom stereocenters. The first-order valence-corrected chi connectivity index (χ1v) is 9.22. The molecule has 0 radical (unpaired) electrons. The number of hydrogen-bond donors (Lipinski definition) is 1. The molecule has 138 valence electrons. The molecule has 2 aromatic heterocycles. The number of pyridine rings is 1. The number of fused-ring (bicyclic) bond motifs is 1. The first-order valence-electron chi connectivity index (χ1n) is 8.84. The number of rotatable bonds is 4. The summed E-state index contributed by atoms with van der Waals surface area (Å²) in [4.78, 5) is 23.2. The van der Waals surface area contributed by atoms with E-state index in [0.717, 1.165) is 43.9 Å². The monoisotopic (exact) mass is 382 g/mol. The van der Waals surface area contributed by atoms with Gasteiger partial charge in [-0.3, -0.25) is 14.7 Å². The Morgan fingerprint density at radius 1 is 1.11 bits per heavy atom. The molecule has 7 heteroatoms. The minimum Gasteiger partial charge on any atom is -0.437 e. The van der Waals surface area contributed by atoms with Gasteiger partial charge in [-0.2, -0.15) is 0 Å². The minimum absolute atomic E-state index is 0.109. The highest BCUT2D eigenvalue weighted by atomic mass is 35.5. The zero-order valence-corrected chi connectivity index (χ0v) is 15.4. The normalized spacial score (nSPS) is 14.4. The molecule has 27 heavy (non-hydrogen) atoms. The number of halogens is 1.